The van der Waals surface area contributed by atoms with Crippen LogP contribution in [-0.2, 0) is 9.59 Å². The van der Waals surface area contributed by atoms with Crippen LogP contribution < -0.4 is 0 Å². The molecule has 1 fully saturated rings. The third kappa shape index (κ3) is 4.92. The zero-order chi connectivity index (χ0) is 21.1. The third-order valence-electron chi connectivity index (χ3n) is 4.90. The van der Waals surface area contributed by atoms with E-state index in [1.54, 1.807) is 11.0 Å². The zero-order valence-corrected chi connectivity index (χ0v) is 19.0. The maximum atomic E-state index is 12.9. The van der Waals surface area contributed by atoms with Gasteiger partial charge >= 0.3 is 0 Å². The lowest BCUT2D eigenvalue weighted by Crippen LogP contribution is -2.50. The fraction of sp³-hybridized carbons (Fsp3) is 0.350. The molecule has 0 saturated carbocycles. The number of halogens is 2. The second-order valence-corrected chi connectivity index (χ2v) is 8.42. The molecule has 0 bridgehead atoms. The summed E-state index contributed by atoms with van der Waals surface area (Å²) >= 11 is 8.34. The first-order chi connectivity index (χ1) is 13.8. The lowest BCUT2D eigenvalue weighted by molar-refractivity contribution is -0.145. The number of carbonyl (C=O) groups is 3. The highest BCUT2D eigenvalue weighted by molar-refractivity contribution is 14.1. The molecule has 1 aromatic heterocycles. The predicted octanol–water partition coefficient (Wildman–Crippen LogP) is 3.40. The van der Waals surface area contributed by atoms with Gasteiger partial charge in [-0.15, -0.1) is 0 Å². The van der Waals surface area contributed by atoms with E-state index in [4.69, 9.17) is 11.6 Å². The van der Waals surface area contributed by atoms with Gasteiger partial charge in [0.15, 0.2) is 0 Å². The van der Waals surface area contributed by atoms with Crippen LogP contribution in [0, 0.1) is 3.57 Å². The monoisotopic (exact) mass is 526 g/mol. The lowest BCUT2D eigenvalue weighted by atomic mass is 10.0. The number of amides is 3. The molecule has 29 heavy (non-hydrogen) atoms. The number of hydrogen-bond donors (Lipinski definition) is 0. The summed E-state index contributed by atoms with van der Waals surface area (Å²) in [5.74, 6) is -0.723. The normalized spacial score (nSPS) is 14.6. The number of aromatic nitrogens is 2. The molecule has 0 aliphatic carbocycles. The molecule has 1 saturated heterocycles. The Morgan fingerprint density at radius 2 is 1.76 bits per heavy atom. The van der Waals surface area contributed by atoms with Crippen LogP contribution in [0.1, 0.15) is 37.2 Å². The molecule has 1 aromatic carbocycles. The second kappa shape index (κ2) is 9.17. The van der Waals surface area contributed by atoms with Crippen molar-refractivity contribution in [2.45, 2.75) is 32.7 Å². The van der Waals surface area contributed by atoms with Crippen molar-refractivity contribution in [2.75, 3.05) is 13.1 Å². The van der Waals surface area contributed by atoms with Gasteiger partial charge in [-0.2, -0.15) is 0 Å². The van der Waals surface area contributed by atoms with Crippen LogP contribution in [0.2, 0.25) is 5.02 Å². The Hall–Kier alpha value is -2.07. The molecule has 7 nitrogen and oxygen atoms in total. The van der Waals surface area contributed by atoms with Gasteiger partial charge in [-0.1, -0.05) is 17.7 Å². The third-order valence-corrected chi connectivity index (χ3v) is 6.47. The van der Waals surface area contributed by atoms with Crippen molar-refractivity contribution in [3.05, 3.63) is 44.9 Å². The minimum absolute atomic E-state index is 0.177. The van der Waals surface area contributed by atoms with E-state index in [-0.39, 0.29) is 23.8 Å². The molecule has 0 N–H and O–H groups in total. The number of imide groups is 1. The highest BCUT2D eigenvalue weighted by Crippen LogP contribution is 2.26. The summed E-state index contributed by atoms with van der Waals surface area (Å²) in [7, 11) is 0. The average molecular weight is 527 g/mol. The first-order valence-corrected chi connectivity index (χ1v) is 10.6. The Balaban J connectivity index is 1.72. The molecule has 3 rings (SSSR count). The van der Waals surface area contributed by atoms with E-state index in [0.717, 1.165) is 9.13 Å². The van der Waals surface area contributed by atoms with E-state index in [9.17, 15) is 14.4 Å². The molecular formula is C20H20ClIN4O3. The van der Waals surface area contributed by atoms with Crippen molar-refractivity contribution < 1.29 is 14.4 Å². The molecule has 1 aliphatic rings. The topological polar surface area (TPSA) is 83.5 Å². The minimum atomic E-state index is -0.265. The van der Waals surface area contributed by atoms with Gasteiger partial charge in [0.1, 0.15) is 12.0 Å². The zero-order valence-electron chi connectivity index (χ0n) is 16.1. The van der Waals surface area contributed by atoms with E-state index in [1.807, 2.05) is 18.2 Å². The maximum Gasteiger partial charge on any atom is 0.272 e. The Kier molecular flexibility index (Phi) is 6.84. The van der Waals surface area contributed by atoms with Crippen LogP contribution in [-0.4, -0.2) is 56.6 Å². The molecule has 1 aliphatic heterocycles. The number of carbonyl (C=O) groups excluding carboxylic acids is 3. The largest absolute Gasteiger partial charge is 0.337 e. The summed E-state index contributed by atoms with van der Waals surface area (Å²) < 4.78 is 0.936. The Morgan fingerprint density at radius 1 is 1.10 bits per heavy atom. The number of rotatable bonds is 3. The standard InChI is InChI=1S/C20H20ClIN4O3/c1-12(27)26(13(2)28)15-5-7-25(8-6-15)20(29)19-10-18(23-11-24-19)14-3-4-17(22)16(21)9-14/h3-4,9-11,15H,5-8H2,1-2H3. The van der Waals surface area contributed by atoms with Crippen molar-refractivity contribution in [3.63, 3.8) is 0 Å². The van der Waals surface area contributed by atoms with Gasteiger partial charge in [0.2, 0.25) is 11.8 Å². The van der Waals surface area contributed by atoms with Crippen molar-refractivity contribution >= 4 is 51.9 Å². The quantitative estimate of drug-likeness (QED) is 0.573. The molecule has 0 atom stereocenters. The van der Waals surface area contributed by atoms with Gasteiger partial charge in [-0.25, -0.2) is 9.97 Å². The van der Waals surface area contributed by atoms with E-state index in [0.29, 0.717) is 42.3 Å². The fourth-order valence-corrected chi connectivity index (χ4v) is 4.03. The molecule has 0 unspecified atom stereocenters. The summed E-state index contributed by atoms with van der Waals surface area (Å²) in [5, 5.41) is 0.622. The van der Waals surface area contributed by atoms with Gasteiger partial charge in [-0.05, 0) is 53.6 Å². The second-order valence-electron chi connectivity index (χ2n) is 6.85. The molecule has 152 valence electrons. The van der Waals surface area contributed by atoms with Crippen LogP contribution in [0.25, 0.3) is 11.3 Å². The smallest absolute Gasteiger partial charge is 0.272 e. The number of benzene rings is 1. The highest BCUT2D eigenvalue weighted by atomic mass is 127. The van der Waals surface area contributed by atoms with E-state index >= 15 is 0 Å². The summed E-state index contributed by atoms with van der Waals surface area (Å²) in [6.07, 6.45) is 2.47. The molecule has 2 aromatic rings. The van der Waals surface area contributed by atoms with E-state index < -0.39 is 0 Å². The average Bonchev–Trinajstić information content (AvgIpc) is 2.69. The molecule has 3 amide bonds. The molecule has 0 spiro atoms. The van der Waals surface area contributed by atoms with Crippen LogP contribution in [0.15, 0.2) is 30.6 Å². The van der Waals surface area contributed by atoms with Crippen molar-refractivity contribution in [3.8, 4) is 11.3 Å². The Bertz CT molecular complexity index is 946. The Labute approximate surface area is 187 Å². The molecule has 9 heteroatoms. The number of hydrogen-bond acceptors (Lipinski definition) is 5. The van der Waals surface area contributed by atoms with Gasteiger partial charge < -0.3 is 4.90 Å². The number of likely N-dealkylation sites (tertiary alicyclic amines) is 1. The van der Waals surface area contributed by atoms with E-state index in [1.165, 1.54) is 25.1 Å². The van der Waals surface area contributed by atoms with Crippen molar-refractivity contribution in [1.29, 1.82) is 0 Å². The molecule has 2 heterocycles. The maximum absolute atomic E-state index is 12.9. The molecular weight excluding hydrogens is 507 g/mol. The first kappa shape index (κ1) is 21.6. The summed E-state index contributed by atoms with van der Waals surface area (Å²) in [6, 6.07) is 7.08. The minimum Gasteiger partial charge on any atom is -0.337 e. The fourth-order valence-electron chi connectivity index (χ4n) is 3.51. The summed E-state index contributed by atoms with van der Waals surface area (Å²) in [5.41, 5.74) is 1.73. The van der Waals surface area contributed by atoms with Crippen molar-refractivity contribution in [1.82, 2.24) is 19.8 Å². The van der Waals surface area contributed by atoms with Crippen LogP contribution in [0.4, 0.5) is 0 Å². The number of piperidine rings is 1. The molecule has 0 radical (unpaired) electrons. The SMILES string of the molecule is CC(=O)N(C(C)=O)C1CCN(C(=O)c2cc(-c3ccc(I)c(Cl)c3)ncn2)CC1. The number of nitrogens with zero attached hydrogens (tertiary/aromatic N) is 4. The van der Waals surface area contributed by atoms with Gasteiger partial charge in [0, 0.05) is 42.1 Å². The first-order valence-electron chi connectivity index (χ1n) is 9.15. The van der Waals surface area contributed by atoms with Crippen LogP contribution >= 0.6 is 34.2 Å². The highest BCUT2D eigenvalue weighted by Gasteiger charge is 2.31. The lowest BCUT2D eigenvalue weighted by Gasteiger charge is -2.36. The van der Waals surface area contributed by atoms with Crippen LogP contribution in [0.5, 0.6) is 0 Å². The van der Waals surface area contributed by atoms with Gasteiger partial charge in [0.25, 0.3) is 5.91 Å². The van der Waals surface area contributed by atoms with E-state index in [2.05, 4.69) is 32.6 Å². The van der Waals surface area contributed by atoms with Crippen molar-refractivity contribution in [2.24, 2.45) is 0 Å². The van der Waals surface area contributed by atoms with Gasteiger partial charge in [0.05, 0.1) is 10.7 Å². The van der Waals surface area contributed by atoms with Crippen LogP contribution in [0.3, 0.4) is 0 Å². The predicted molar refractivity (Wildman–Crippen MR) is 117 cm³/mol. The summed E-state index contributed by atoms with van der Waals surface area (Å²) in [4.78, 5) is 47.8. The Morgan fingerprint density at radius 3 is 2.34 bits per heavy atom. The van der Waals surface area contributed by atoms with Gasteiger partial charge in [-0.3, -0.25) is 19.3 Å². The summed E-state index contributed by atoms with van der Waals surface area (Å²) in [6.45, 7) is 3.68.